The SMILES string of the molecule is COc1ccc2cc3[n+](cc2c1OCC(O)Cn1ccnc1)CCc1cc2c(cc1-3)OCO2.[Br-]. The van der Waals surface area contributed by atoms with Gasteiger partial charge in [0.2, 0.25) is 12.5 Å². The van der Waals surface area contributed by atoms with E-state index in [0.717, 1.165) is 46.5 Å². The molecule has 2 aromatic carbocycles. The summed E-state index contributed by atoms with van der Waals surface area (Å²) in [6, 6.07) is 10.3. The van der Waals surface area contributed by atoms with Crippen molar-refractivity contribution in [1.82, 2.24) is 9.55 Å². The summed E-state index contributed by atoms with van der Waals surface area (Å²) in [4.78, 5) is 4.01. The highest BCUT2D eigenvalue weighted by Gasteiger charge is 2.28. The van der Waals surface area contributed by atoms with Gasteiger partial charge in [-0.15, -0.1) is 0 Å². The number of imidazole rings is 1. The molecule has 2 aromatic heterocycles. The van der Waals surface area contributed by atoms with Crippen LogP contribution in [0.1, 0.15) is 5.56 Å². The van der Waals surface area contributed by atoms with E-state index >= 15 is 0 Å². The molecule has 9 heteroatoms. The van der Waals surface area contributed by atoms with E-state index in [-0.39, 0.29) is 30.4 Å². The second-order valence-electron chi connectivity index (χ2n) is 8.29. The number of fused-ring (bicyclic) bond motifs is 5. The van der Waals surface area contributed by atoms with E-state index in [2.05, 4.69) is 33.9 Å². The number of nitrogens with zero attached hydrogens (tertiary/aromatic N) is 3. The van der Waals surface area contributed by atoms with E-state index in [1.54, 1.807) is 19.6 Å². The number of aromatic nitrogens is 3. The molecule has 0 amide bonds. The number of ether oxygens (including phenoxy) is 4. The van der Waals surface area contributed by atoms with Crippen LogP contribution in [-0.4, -0.2) is 41.3 Å². The average Bonchev–Trinajstić information content (AvgIpc) is 3.51. The molecule has 8 nitrogen and oxygen atoms in total. The van der Waals surface area contributed by atoms with E-state index in [1.165, 1.54) is 5.56 Å². The van der Waals surface area contributed by atoms with Crippen molar-refractivity contribution in [2.24, 2.45) is 0 Å². The third kappa shape index (κ3) is 3.95. The standard InChI is InChI=1S/C25H24N3O5.BrH/c1-30-22-3-2-16-8-21-19-10-24-23(32-15-33-24)9-17(19)4-6-28(21)12-20(16)25(22)31-13-18(29)11-27-7-5-26-14-27;/h2-3,5,7-10,12,14,18,29H,4,6,11,13,15H2,1H3;1H/q+1;/p-1. The second kappa shape index (κ2) is 9.15. The molecule has 0 bridgehead atoms. The maximum atomic E-state index is 10.5. The maximum Gasteiger partial charge on any atom is 0.231 e. The third-order valence-electron chi connectivity index (χ3n) is 6.20. The summed E-state index contributed by atoms with van der Waals surface area (Å²) in [7, 11) is 1.63. The zero-order valence-corrected chi connectivity index (χ0v) is 20.2. The molecule has 0 radical (unpaired) electrons. The van der Waals surface area contributed by atoms with Gasteiger partial charge in [-0.3, -0.25) is 0 Å². The molecule has 1 N–H and O–H groups in total. The first-order valence-electron chi connectivity index (χ1n) is 10.9. The lowest BCUT2D eigenvalue weighted by molar-refractivity contribution is -0.686. The first-order valence-corrected chi connectivity index (χ1v) is 10.9. The fourth-order valence-electron chi connectivity index (χ4n) is 4.58. The Labute approximate surface area is 207 Å². The van der Waals surface area contributed by atoms with E-state index < -0.39 is 6.10 Å². The maximum absolute atomic E-state index is 10.5. The van der Waals surface area contributed by atoms with Crippen LogP contribution in [0, 0.1) is 0 Å². The largest absolute Gasteiger partial charge is 1.00 e. The van der Waals surface area contributed by atoms with Crippen molar-refractivity contribution in [3.63, 3.8) is 0 Å². The lowest BCUT2D eigenvalue weighted by atomic mass is 9.95. The summed E-state index contributed by atoms with van der Waals surface area (Å²) in [6.07, 6.45) is 7.51. The Balaban J connectivity index is 0.00000241. The molecular weight excluding hydrogens is 502 g/mol. The number of rotatable bonds is 6. The smallest absolute Gasteiger partial charge is 0.231 e. The zero-order chi connectivity index (χ0) is 22.4. The van der Waals surface area contributed by atoms with Crippen LogP contribution in [0.15, 0.2) is 55.2 Å². The van der Waals surface area contributed by atoms with Crippen molar-refractivity contribution < 1.29 is 45.6 Å². The first-order chi connectivity index (χ1) is 16.2. The highest BCUT2D eigenvalue weighted by atomic mass is 79.9. The van der Waals surface area contributed by atoms with Gasteiger partial charge in [-0.05, 0) is 35.2 Å². The van der Waals surface area contributed by atoms with E-state index in [9.17, 15) is 5.11 Å². The molecule has 1 unspecified atom stereocenters. The number of halogens is 1. The van der Waals surface area contributed by atoms with Crippen molar-refractivity contribution in [2.75, 3.05) is 20.5 Å². The Bertz CT molecular complexity index is 1340. The molecule has 2 aliphatic heterocycles. The number of aliphatic hydroxyl groups excluding tert-OH is 1. The Morgan fingerprint density at radius 1 is 1.21 bits per heavy atom. The van der Waals surface area contributed by atoms with Crippen LogP contribution in [0.25, 0.3) is 22.0 Å². The number of methoxy groups -OCH3 is 1. The number of pyridine rings is 1. The topological polar surface area (TPSA) is 78.9 Å². The van der Waals surface area contributed by atoms with Crippen LogP contribution >= 0.6 is 0 Å². The summed E-state index contributed by atoms with van der Waals surface area (Å²) in [6.45, 7) is 1.66. The fraction of sp³-hybridized carbons (Fsp3) is 0.280. The van der Waals surface area contributed by atoms with Gasteiger partial charge in [0.25, 0.3) is 0 Å². The van der Waals surface area contributed by atoms with Gasteiger partial charge in [0.15, 0.2) is 35.7 Å². The molecule has 0 aliphatic carbocycles. The van der Waals surface area contributed by atoms with Crippen LogP contribution in [0.2, 0.25) is 0 Å². The van der Waals surface area contributed by atoms with Crippen LogP contribution in [0.4, 0.5) is 0 Å². The number of aliphatic hydroxyl groups is 1. The number of hydrogen-bond donors (Lipinski definition) is 1. The molecule has 0 saturated heterocycles. The van der Waals surface area contributed by atoms with Gasteiger partial charge < -0.3 is 45.6 Å². The highest BCUT2D eigenvalue weighted by Crippen LogP contribution is 2.41. The molecule has 176 valence electrons. The molecule has 2 aliphatic rings. The number of benzene rings is 2. The van der Waals surface area contributed by atoms with Crippen molar-refractivity contribution >= 4 is 10.8 Å². The molecule has 34 heavy (non-hydrogen) atoms. The quantitative estimate of drug-likeness (QED) is 0.349. The molecule has 0 saturated carbocycles. The first kappa shape index (κ1) is 22.5. The monoisotopic (exact) mass is 525 g/mol. The van der Waals surface area contributed by atoms with Gasteiger partial charge in [0.1, 0.15) is 12.7 Å². The van der Waals surface area contributed by atoms with Crippen molar-refractivity contribution in [3.05, 3.63) is 60.8 Å². The van der Waals surface area contributed by atoms with Crippen LogP contribution < -0.4 is 40.5 Å². The fourth-order valence-corrected chi connectivity index (χ4v) is 4.58. The van der Waals surface area contributed by atoms with Gasteiger partial charge >= 0.3 is 0 Å². The number of hydrogen-bond acceptors (Lipinski definition) is 6. The summed E-state index contributed by atoms with van der Waals surface area (Å²) in [5.74, 6) is 2.87. The van der Waals surface area contributed by atoms with Crippen molar-refractivity contribution in [1.29, 1.82) is 0 Å². The van der Waals surface area contributed by atoms with Gasteiger partial charge in [0, 0.05) is 24.9 Å². The minimum atomic E-state index is -0.680. The third-order valence-corrected chi connectivity index (χ3v) is 6.20. The predicted molar refractivity (Wildman–Crippen MR) is 120 cm³/mol. The molecule has 0 fully saturated rings. The van der Waals surface area contributed by atoms with E-state index in [4.69, 9.17) is 18.9 Å². The lowest BCUT2D eigenvalue weighted by Gasteiger charge is -2.19. The van der Waals surface area contributed by atoms with Crippen LogP contribution in [-0.2, 0) is 19.5 Å². The normalized spacial score (nSPS) is 14.2. The Hall–Kier alpha value is -3.30. The molecule has 6 rings (SSSR count). The molecule has 1 atom stereocenters. The van der Waals surface area contributed by atoms with Gasteiger partial charge in [0.05, 0.1) is 30.9 Å². The van der Waals surface area contributed by atoms with Crippen LogP contribution in [0.5, 0.6) is 23.0 Å². The average molecular weight is 526 g/mol. The van der Waals surface area contributed by atoms with Gasteiger partial charge in [-0.1, -0.05) is 0 Å². The van der Waals surface area contributed by atoms with Crippen molar-refractivity contribution in [2.45, 2.75) is 25.6 Å². The molecular formula is C25H24BrN3O5. The zero-order valence-electron chi connectivity index (χ0n) is 18.6. The highest BCUT2D eigenvalue weighted by molar-refractivity contribution is 5.91. The predicted octanol–water partition coefficient (Wildman–Crippen LogP) is -0.272. The minimum absolute atomic E-state index is 0. The summed E-state index contributed by atoms with van der Waals surface area (Å²) >= 11 is 0. The number of aryl methyl sites for hydroxylation is 2. The Morgan fingerprint density at radius 2 is 2.06 bits per heavy atom. The second-order valence-corrected chi connectivity index (χ2v) is 8.29. The summed E-state index contributed by atoms with van der Waals surface area (Å²) < 4.78 is 26.9. The van der Waals surface area contributed by atoms with Crippen LogP contribution in [0.3, 0.4) is 0 Å². The Morgan fingerprint density at radius 3 is 2.85 bits per heavy atom. The van der Waals surface area contributed by atoms with E-state index in [1.807, 2.05) is 22.9 Å². The summed E-state index contributed by atoms with van der Waals surface area (Å²) in [5.41, 5.74) is 3.53. The molecule has 4 heterocycles. The van der Waals surface area contributed by atoms with E-state index in [0.29, 0.717) is 18.0 Å². The summed E-state index contributed by atoms with van der Waals surface area (Å²) in [5, 5.41) is 12.4. The molecule has 4 aromatic rings. The minimum Gasteiger partial charge on any atom is -1.00 e. The lowest BCUT2D eigenvalue weighted by Crippen LogP contribution is -3.00. The molecule has 0 spiro atoms. The van der Waals surface area contributed by atoms with Gasteiger partial charge in [-0.2, -0.15) is 4.57 Å². The van der Waals surface area contributed by atoms with Gasteiger partial charge in [-0.25, -0.2) is 4.98 Å². The van der Waals surface area contributed by atoms with Crippen molar-refractivity contribution in [3.8, 4) is 34.3 Å². The Kier molecular flexibility index (Phi) is 6.05.